The minimum Gasteiger partial charge on any atom is -0.349 e. The fourth-order valence-corrected chi connectivity index (χ4v) is 3.82. The summed E-state index contributed by atoms with van der Waals surface area (Å²) in [6, 6.07) is 14.0. The fraction of sp³-hybridized carbons (Fsp3) is 0.300. The molecule has 2 atom stereocenters. The number of nitrogens with zero attached hydrogens (tertiary/aromatic N) is 2. The molecule has 3 aromatic rings. The number of thioether (sulfide) groups is 1. The van der Waals surface area contributed by atoms with Crippen molar-refractivity contribution in [3.05, 3.63) is 59.9 Å². The molecule has 4 nitrogen and oxygen atoms in total. The minimum atomic E-state index is -0.292. The third-order valence-corrected chi connectivity index (χ3v) is 5.41. The molecule has 1 amide bonds. The van der Waals surface area contributed by atoms with Gasteiger partial charge >= 0.3 is 0 Å². The molecule has 0 aliphatic rings. The van der Waals surface area contributed by atoms with Gasteiger partial charge in [0.15, 0.2) is 5.16 Å². The summed E-state index contributed by atoms with van der Waals surface area (Å²) in [7, 11) is 0. The lowest BCUT2D eigenvalue weighted by Crippen LogP contribution is -2.33. The van der Waals surface area contributed by atoms with Crippen LogP contribution in [0.3, 0.4) is 0 Å². The number of imidazole rings is 1. The van der Waals surface area contributed by atoms with E-state index in [1.165, 1.54) is 23.9 Å². The lowest BCUT2D eigenvalue weighted by Gasteiger charge is -2.18. The Morgan fingerprint density at radius 3 is 2.58 bits per heavy atom. The normalized spacial score (nSPS) is 13.5. The van der Waals surface area contributed by atoms with E-state index < -0.39 is 0 Å². The maximum Gasteiger partial charge on any atom is 0.233 e. The van der Waals surface area contributed by atoms with Gasteiger partial charge in [-0.05, 0) is 50.6 Å². The molecule has 136 valence electrons. The van der Waals surface area contributed by atoms with E-state index in [1.54, 1.807) is 12.1 Å². The summed E-state index contributed by atoms with van der Waals surface area (Å²) in [5, 5.41) is 3.53. The van der Waals surface area contributed by atoms with Crippen molar-refractivity contribution < 1.29 is 9.18 Å². The summed E-state index contributed by atoms with van der Waals surface area (Å²) >= 11 is 1.45. The zero-order valence-electron chi connectivity index (χ0n) is 15.1. The van der Waals surface area contributed by atoms with Crippen molar-refractivity contribution in [2.24, 2.45) is 0 Å². The maximum absolute atomic E-state index is 13.0. The maximum atomic E-state index is 13.0. The Labute approximate surface area is 156 Å². The standard InChI is InChI=1S/C20H22FN3OS/c1-4-24-18-8-6-5-7-17(18)23-20(24)26-14(3)19(25)22-13(2)15-9-11-16(21)12-10-15/h5-14H,4H2,1-3H3,(H,22,25)/t13-,14-/m0/s1. The van der Waals surface area contributed by atoms with Crippen molar-refractivity contribution in [2.75, 3.05) is 0 Å². The summed E-state index contributed by atoms with van der Waals surface area (Å²) in [4.78, 5) is 17.2. The average molecular weight is 371 g/mol. The number of carbonyl (C=O) groups excluding carboxylic acids is 1. The van der Waals surface area contributed by atoms with E-state index in [4.69, 9.17) is 0 Å². The first-order valence-electron chi connectivity index (χ1n) is 8.67. The molecule has 0 unspecified atom stereocenters. The molecule has 0 bridgehead atoms. The van der Waals surface area contributed by atoms with E-state index in [-0.39, 0.29) is 23.0 Å². The molecular formula is C20H22FN3OS. The van der Waals surface area contributed by atoms with Gasteiger partial charge in [0.1, 0.15) is 5.82 Å². The summed E-state index contributed by atoms with van der Waals surface area (Å²) < 4.78 is 15.2. The van der Waals surface area contributed by atoms with Crippen LogP contribution in [0.1, 0.15) is 32.4 Å². The minimum absolute atomic E-state index is 0.0680. The molecule has 0 spiro atoms. The monoisotopic (exact) mass is 371 g/mol. The van der Waals surface area contributed by atoms with Crippen molar-refractivity contribution in [1.29, 1.82) is 0 Å². The van der Waals surface area contributed by atoms with Gasteiger partial charge in [0, 0.05) is 6.54 Å². The zero-order chi connectivity index (χ0) is 18.7. The van der Waals surface area contributed by atoms with E-state index in [2.05, 4.69) is 21.8 Å². The van der Waals surface area contributed by atoms with Crippen LogP contribution in [0.15, 0.2) is 53.7 Å². The second-order valence-electron chi connectivity index (χ2n) is 6.17. The second kappa shape index (κ2) is 7.91. The molecule has 6 heteroatoms. The molecule has 0 saturated heterocycles. The summed E-state index contributed by atoms with van der Waals surface area (Å²) in [5.41, 5.74) is 2.88. The zero-order valence-corrected chi connectivity index (χ0v) is 15.9. The van der Waals surface area contributed by atoms with Gasteiger partial charge < -0.3 is 9.88 Å². The Morgan fingerprint density at radius 2 is 1.88 bits per heavy atom. The number of fused-ring (bicyclic) bond motifs is 1. The predicted molar refractivity (Wildman–Crippen MR) is 104 cm³/mol. The first kappa shape index (κ1) is 18.5. The van der Waals surface area contributed by atoms with Gasteiger partial charge in [-0.3, -0.25) is 4.79 Å². The number of hydrogen-bond acceptors (Lipinski definition) is 3. The molecular weight excluding hydrogens is 349 g/mol. The number of aromatic nitrogens is 2. The fourth-order valence-electron chi connectivity index (χ4n) is 2.83. The third-order valence-electron chi connectivity index (χ3n) is 4.32. The molecule has 0 fully saturated rings. The molecule has 1 heterocycles. The largest absolute Gasteiger partial charge is 0.349 e. The number of nitrogens with one attached hydrogen (secondary N) is 1. The molecule has 1 N–H and O–H groups in total. The number of carbonyl (C=O) groups is 1. The third kappa shape index (κ3) is 3.90. The van der Waals surface area contributed by atoms with Gasteiger partial charge in [-0.25, -0.2) is 9.37 Å². The van der Waals surface area contributed by atoms with Crippen LogP contribution >= 0.6 is 11.8 Å². The lowest BCUT2D eigenvalue weighted by atomic mass is 10.1. The van der Waals surface area contributed by atoms with Crippen LogP contribution in [0.2, 0.25) is 0 Å². The van der Waals surface area contributed by atoms with Gasteiger partial charge in [-0.15, -0.1) is 0 Å². The Kier molecular flexibility index (Phi) is 5.61. The number of halogens is 1. The topological polar surface area (TPSA) is 46.9 Å². The smallest absolute Gasteiger partial charge is 0.233 e. The number of hydrogen-bond donors (Lipinski definition) is 1. The SMILES string of the molecule is CCn1c(S[C@@H](C)C(=O)N[C@@H](C)c2ccc(F)cc2)nc2ccccc21. The highest BCUT2D eigenvalue weighted by Gasteiger charge is 2.20. The number of aryl methyl sites for hydroxylation is 1. The van der Waals surface area contributed by atoms with Crippen LogP contribution in [0.4, 0.5) is 4.39 Å². The van der Waals surface area contributed by atoms with Gasteiger partial charge in [0.25, 0.3) is 0 Å². The van der Waals surface area contributed by atoms with Crippen LogP contribution in [0.25, 0.3) is 11.0 Å². The van der Waals surface area contributed by atoms with E-state index >= 15 is 0 Å². The van der Waals surface area contributed by atoms with Gasteiger partial charge in [-0.1, -0.05) is 36.0 Å². The van der Waals surface area contributed by atoms with Crippen molar-refractivity contribution in [3.63, 3.8) is 0 Å². The molecule has 1 aromatic heterocycles. The number of para-hydroxylation sites is 2. The first-order chi connectivity index (χ1) is 12.5. The van der Waals surface area contributed by atoms with E-state index in [9.17, 15) is 9.18 Å². The molecule has 3 rings (SSSR count). The van der Waals surface area contributed by atoms with Crippen molar-refractivity contribution >= 4 is 28.7 Å². The van der Waals surface area contributed by atoms with E-state index in [1.807, 2.05) is 38.1 Å². The molecule has 0 saturated carbocycles. The predicted octanol–water partition coefficient (Wildman–Crippen LogP) is 4.55. The number of amides is 1. The second-order valence-corrected chi connectivity index (χ2v) is 7.48. The van der Waals surface area contributed by atoms with E-state index in [0.717, 1.165) is 28.3 Å². The molecule has 0 aliphatic heterocycles. The van der Waals surface area contributed by atoms with Crippen LogP contribution < -0.4 is 5.32 Å². The van der Waals surface area contributed by atoms with Gasteiger partial charge in [0.05, 0.1) is 22.3 Å². The summed E-state index contributed by atoms with van der Waals surface area (Å²) in [6.07, 6.45) is 0. The summed E-state index contributed by atoms with van der Waals surface area (Å²) in [5.74, 6) is -0.351. The highest BCUT2D eigenvalue weighted by Crippen LogP contribution is 2.27. The number of rotatable bonds is 6. The molecule has 2 aromatic carbocycles. The summed E-state index contributed by atoms with van der Waals surface area (Å²) in [6.45, 7) is 6.63. The Bertz CT molecular complexity index is 907. The van der Waals surface area contributed by atoms with Crippen molar-refractivity contribution in [2.45, 2.75) is 43.8 Å². The van der Waals surface area contributed by atoms with Crippen LogP contribution in [-0.4, -0.2) is 20.7 Å². The van der Waals surface area contributed by atoms with Gasteiger partial charge in [0.2, 0.25) is 5.91 Å². The Balaban J connectivity index is 1.70. The van der Waals surface area contributed by atoms with Crippen LogP contribution in [0, 0.1) is 5.82 Å². The quantitative estimate of drug-likeness (QED) is 0.647. The molecule has 26 heavy (non-hydrogen) atoms. The van der Waals surface area contributed by atoms with Crippen molar-refractivity contribution in [1.82, 2.24) is 14.9 Å². The van der Waals surface area contributed by atoms with Crippen LogP contribution in [0.5, 0.6) is 0 Å². The van der Waals surface area contributed by atoms with Crippen molar-refractivity contribution in [3.8, 4) is 0 Å². The highest BCUT2D eigenvalue weighted by molar-refractivity contribution is 8.00. The Hall–Kier alpha value is -2.34. The van der Waals surface area contributed by atoms with E-state index in [0.29, 0.717) is 0 Å². The first-order valence-corrected chi connectivity index (χ1v) is 9.55. The molecule has 0 radical (unpaired) electrons. The van der Waals surface area contributed by atoms with Crippen LogP contribution in [-0.2, 0) is 11.3 Å². The highest BCUT2D eigenvalue weighted by atomic mass is 32.2. The average Bonchev–Trinajstić information content (AvgIpc) is 2.99. The lowest BCUT2D eigenvalue weighted by molar-refractivity contribution is -0.120. The van der Waals surface area contributed by atoms with Gasteiger partial charge in [-0.2, -0.15) is 0 Å². The molecule has 0 aliphatic carbocycles. The number of benzene rings is 2. The Morgan fingerprint density at radius 1 is 1.19 bits per heavy atom.